The number of fused-ring (bicyclic) bond motifs is 1. The van der Waals surface area contributed by atoms with Crippen molar-refractivity contribution in [2.45, 2.75) is 56.1 Å². The van der Waals surface area contributed by atoms with Gasteiger partial charge in [-0.3, -0.25) is 10.1 Å². The van der Waals surface area contributed by atoms with Gasteiger partial charge >= 0.3 is 6.18 Å². The Bertz CT molecular complexity index is 1040. The summed E-state index contributed by atoms with van der Waals surface area (Å²) in [6.07, 6.45) is -1.22. The number of aromatic nitrogens is 2. The molecule has 11 heteroatoms. The molecule has 7 nitrogen and oxygen atoms in total. The molecule has 1 heterocycles. The van der Waals surface area contributed by atoms with E-state index in [1.54, 1.807) is 0 Å². The fourth-order valence-electron chi connectivity index (χ4n) is 3.30. The van der Waals surface area contributed by atoms with Gasteiger partial charge in [0.05, 0.1) is 10.5 Å². The van der Waals surface area contributed by atoms with Crippen molar-refractivity contribution >= 4 is 21.9 Å². The zero-order valence-corrected chi connectivity index (χ0v) is 17.0. The fraction of sp³-hybridized carbons (Fsp3) is 0.421. The summed E-state index contributed by atoms with van der Waals surface area (Å²) in [5.41, 5.74) is 0.166. The van der Waals surface area contributed by atoms with Gasteiger partial charge in [0.2, 0.25) is 21.9 Å². The molecular weight excluding hydrogens is 421 g/mol. The van der Waals surface area contributed by atoms with Crippen molar-refractivity contribution < 1.29 is 26.4 Å². The molecule has 1 aromatic carbocycles. The minimum absolute atomic E-state index is 0.185. The lowest BCUT2D eigenvalue weighted by molar-refractivity contribution is -0.139. The molecule has 2 N–H and O–H groups in total. The summed E-state index contributed by atoms with van der Waals surface area (Å²) in [7, 11) is -4.37. The zero-order valence-electron chi connectivity index (χ0n) is 16.2. The van der Waals surface area contributed by atoms with Gasteiger partial charge in [0.15, 0.2) is 0 Å². The Morgan fingerprint density at radius 3 is 2.70 bits per heavy atom. The van der Waals surface area contributed by atoms with Crippen molar-refractivity contribution in [2.75, 3.05) is 5.32 Å². The molecule has 1 unspecified atom stereocenters. The maximum absolute atomic E-state index is 13.2. The number of hydrogen-bond donors (Lipinski definition) is 2. The molecule has 0 fully saturated rings. The van der Waals surface area contributed by atoms with Crippen molar-refractivity contribution in [3.05, 3.63) is 47.3 Å². The molecule has 0 saturated carbocycles. The molecular formula is C19H21F3N4O3S. The first-order valence-electron chi connectivity index (χ1n) is 9.43. The van der Waals surface area contributed by atoms with E-state index in [1.807, 2.05) is 6.92 Å². The molecule has 0 bridgehead atoms. The molecule has 1 aromatic heterocycles. The van der Waals surface area contributed by atoms with Crippen LogP contribution < -0.4 is 10.0 Å². The van der Waals surface area contributed by atoms with E-state index in [0.717, 1.165) is 18.2 Å². The zero-order chi connectivity index (χ0) is 21.9. The van der Waals surface area contributed by atoms with E-state index in [0.29, 0.717) is 36.9 Å². The van der Waals surface area contributed by atoms with Crippen LogP contribution in [-0.4, -0.2) is 30.3 Å². The van der Waals surface area contributed by atoms with Gasteiger partial charge in [-0.2, -0.15) is 13.2 Å². The van der Waals surface area contributed by atoms with Gasteiger partial charge in [-0.25, -0.2) is 23.1 Å². The van der Waals surface area contributed by atoms with Gasteiger partial charge in [-0.15, -0.1) is 0 Å². The van der Waals surface area contributed by atoms with Crippen molar-refractivity contribution in [1.29, 1.82) is 0 Å². The van der Waals surface area contributed by atoms with Crippen LogP contribution in [0.1, 0.15) is 43.0 Å². The van der Waals surface area contributed by atoms with Gasteiger partial charge in [-0.05, 0) is 43.4 Å². The Kier molecular flexibility index (Phi) is 6.41. The topological polar surface area (TPSA) is 101 Å². The van der Waals surface area contributed by atoms with Gasteiger partial charge in [0.25, 0.3) is 0 Å². The van der Waals surface area contributed by atoms with Crippen LogP contribution in [0.25, 0.3) is 0 Å². The highest BCUT2D eigenvalue weighted by molar-refractivity contribution is 7.89. The molecule has 0 saturated heterocycles. The van der Waals surface area contributed by atoms with Crippen LogP contribution in [0, 0.1) is 0 Å². The summed E-state index contributed by atoms with van der Waals surface area (Å²) in [6.45, 7) is 1.88. The number of carbonyl (C=O) groups excluding carboxylic acids is 1. The molecule has 0 radical (unpaired) electrons. The monoisotopic (exact) mass is 442 g/mol. The summed E-state index contributed by atoms with van der Waals surface area (Å²) >= 11 is 0. The number of halogens is 3. The largest absolute Gasteiger partial charge is 0.417 e. The summed E-state index contributed by atoms with van der Waals surface area (Å²) in [5, 5.41) is 2.61. The van der Waals surface area contributed by atoms with Gasteiger partial charge in [-0.1, -0.05) is 19.1 Å². The van der Waals surface area contributed by atoms with Gasteiger partial charge in [0.1, 0.15) is 0 Å². The Morgan fingerprint density at radius 2 is 2.00 bits per heavy atom. The summed E-state index contributed by atoms with van der Waals surface area (Å²) < 4.78 is 67.2. The number of sulfonamides is 1. The third-order valence-corrected chi connectivity index (χ3v) is 6.26. The highest BCUT2D eigenvalue weighted by atomic mass is 32.2. The lowest BCUT2D eigenvalue weighted by atomic mass is 9.94. The molecule has 0 aliphatic heterocycles. The molecule has 1 atom stereocenters. The second-order valence-electron chi connectivity index (χ2n) is 7.02. The molecule has 3 rings (SSSR count). The second-order valence-corrected chi connectivity index (χ2v) is 8.70. The Morgan fingerprint density at radius 1 is 1.27 bits per heavy atom. The number of nitrogens with zero attached hydrogens (tertiary/aromatic N) is 2. The third kappa shape index (κ3) is 5.14. The average Bonchev–Trinajstić information content (AvgIpc) is 2.67. The van der Waals surface area contributed by atoms with Crippen LogP contribution >= 0.6 is 0 Å². The minimum Gasteiger partial charge on any atom is -0.295 e. The molecule has 0 spiro atoms. The summed E-state index contributed by atoms with van der Waals surface area (Å²) in [6, 6.07) is 3.49. The first kappa shape index (κ1) is 22.2. The Labute approximate surface area is 172 Å². The lowest BCUT2D eigenvalue weighted by Gasteiger charge is -2.25. The number of hydrogen-bond acceptors (Lipinski definition) is 5. The Balaban J connectivity index is 1.74. The minimum atomic E-state index is -4.78. The normalized spacial score (nSPS) is 16.7. The van der Waals surface area contributed by atoms with Crippen molar-refractivity contribution in [3.63, 3.8) is 0 Å². The number of alkyl halides is 3. The van der Waals surface area contributed by atoms with E-state index in [2.05, 4.69) is 20.0 Å². The maximum Gasteiger partial charge on any atom is 0.417 e. The first-order chi connectivity index (χ1) is 14.1. The van der Waals surface area contributed by atoms with Crippen LogP contribution in [-0.2, 0) is 33.8 Å². The van der Waals surface area contributed by atoms with Gasteiger partial charge in [0, 0.05) is 24.4 Å². The van der Waals surface area contributed by atoms with E-state index in [9.17, 15) is 26.4 Å². The number of amides is 1. The molecule has 2 aromatic rings. The number of benzene rings is 1. The predicted molar refractivity (Wildman–Crippen MR) is 103 cm³/mol. The van der Waals surface area contributed by atoms with E-state index in [1.165, 1.54) is 12.3 Å². The smallest absolute Gasteiger partial charge is 0.295 e. The second kappa shape index (κ2) is 8.68. The Hall–Kier alpha value is -2.53. The molecule has 1 amide bonds. The lowest BCUT2D eigenvalue weighted by Crippen LogP contribution is -2.39. The van der Waals surface area contributed by atoms with Crippen molar-refractivity contribution in [2.24, 2.45) is 0 Å². The molecule has 1 aliphatic carbocycles. The highest BCUT2D eigenvalue weighted by Crippen LogP contribution is 2.34. The number of aryl methyl sites for hydroxylation is 1. The SMILES string of the molecule is CCCC(=O)Nc1ncc2c(n1)CCC(NS(=O)(=O)c1ccccc1C(F)(F)F)C2. The summed E-state index contributed by atoms with van der Waals surface area (Å²) in [4.78, 5) is 19.3. The number of carbonyl (C=O) groups is 1. The maximum atomic E-state index is 13.2. The summed E-state index contributed by atoms with van der Waals surface area (Å²) in [5.74, 6) is -0.00689. The fourth-order valence-corrected chi connectivity index (χ4v) is 4.80. The third-order valence-electron chi connectivity index (χ3n) is 4.68. The van der Waals surface area contributed by atoms with Crippen molar-refractivity contribution in [1.82, 2.24) is 14.7 Å². The van der Waals surface area contributed by atoms with Crippen LogP contribution in [0.2, 0.25) is 0 Å². The highest BCUT2D eigenvalue weighted by Gasteiger charge is 2.37. The van der Waals surface area contributed by atoms with E-state index in [-0.39, 0.29) is 18.3 Å². The standard InChI is InChI=1S/C19H21F3N4O3S/c1-2-5-17(27)25-18-23-11-12-10-13(8-9-15(12)24-18)26-30(28,29)16-7-4-3-6-14(16)19(20,21)22/h3-4,6-7,11,13,26H,2,5,8-10H2,1H3,(H,23,24,25,27). The van der Waals surface area contributed by atoms with Gasteiger partial charge < -0.3 is 0 Å². The average molecular weight is 442 g/mol. The van der Waals surface area contributed by atoms with E-state index >= 15 is 0 Å². The predicted octanol–water partition coefficient (Wildman–Crippen LogP) is 3.07. The molecule has 30 heavy (non-hydrogen) atoms. The van der Waals surface area contributed by atoms with Crippen LogP contribution in [0.4, 0.5) is 19.1 Å². The number of anilines is 1. The number of rotatable bonds is 6. The van der Waals surface area contributed by atoms with Crippen LogP contribution in [0.5, 0.6) is 0 Å². The van der Waals surface area contributed by atoms with E-state index in [4.69, 9.17) is 0 Å². The number of nitrogens with one attached hydrogen (secondary N) is 2. The quantitative estimate of drug-likeness (QED) is 0.716. The van der Waals surface area contributed by atoms with Crippen molar-refractivity contribution in [3.8, 4) is 0 Å². The molecule has 1 aliphatic rings. The molecule has 162 valence electrons. The first-order valence-corrected chi connectivity index (χ1v) is 10.9. The van der Waals surface area contributed by atoms with E-state index < -0.39 is 32.7 Å². The van der Waals surface area contributed by atoms with Crippen LogP contribution in [0.15, 0.2) is 35.4 Å². The van der Waals surface area contributed by atoms with Crippen LogP contribution in [0.3, 0.4) is 0 Å².